The van der Waals surface area contributed by atoms with E-state index in [0.717, 1.165) is 6.07 Å². The van der Waals surface area contributed by atoms with E-state index in [9.17, 15) is 21.2 Å². The van der Waals surface area contributed by atoms with Crippen LogP contribution in [0.3, 0.4) is 0 Å². The fourth-order valence-electron chi connectivity index (χ4n) is 4.11. The maximum absolute atomic E-state index is 13.6. The average Bonchev–Trinajstić information content (AvgIpc) is 3.07. The molecule has 0 aliphatic carbocycles. The Kier molecular flexibility index (Phi) is 5.54. The standard InChI is InChI=1S/C19H23FN4O4S2/c1-14-11-15(3-4-16(14)20)30(27,28)18-13-29(25,26)12-17(18)23-7-9-24(10-8-23)19-21-5-2-6-22-19/h2-6,11,17-18H,7-10,12-13H2,1H3. The molecule has 0 saturated carbocycles. The molecule has 2 aromatic rings. The number of sulfone groups is 2. The Hall–Kier alpha value is -2.11. The number of anilines is 1. The van der Waals surface area contributed by atoms with Gasteiger partial charge in [-0.3, -0.25) is 4.90 Å². The molecule has 0 N–H and O–H groups in total. The van der Waals surface area contributed by atoms with Crippen molar-refractivity contribution in [3.63, 3.8) is 0 Å². The lowest BCUT2D eigenvalue weighted by atomic mass is 10.2. The summed E-state index contributed by atoms with van der Waals surface area (Å²) in [5.74, 6) is -0.511. The van der Waals surface area contributed by atoms with Gasteiger partial charge in [0, 0.05) is 44.6 Å². The zero-order valence-corrected chi connectivity index (χ0v) is 18.1. The predicted octanol–water partition coefficient (Wildman–Crippen LogP) is 0.686. The van der Waals surface area contributed by atoms with Gasteiger partial charge in [-0.1, -0.05) is 0 Å². The van der Waals surface area contributed by atoms with Gasteiger partial charge in [0.25, 0.3) is 0 Å². The first-order valence-corrected chi connectivity index (χ1v) is 13.0. The van der Waals surface area contributed by atoms with Gasteiger partial charge in [0.1, 0.15) is 5.82 Å². The third-order valence-corrected chi connectivity index (χ3v) is 9.86. The third kappa shape index (κ3) is 4.06. The smallest absolute Gasteiger partial charge is 0.225 e. The van der Waals surface area contributed by atoms with Crippen molar-refractivity contribution >= 4 is 25.6 Å². The second-order valence-corrected chi connectivity index (χ2v) is 12.0. The Bertz CT molecular complexity index is 1130. The highest BCUT2D eigenvalue weighted by molar-refractivity contribution is 7.96. The molecular formula is C19H23FN4O4S2. The van der Waals surface area contributed by atoms with E-state index in [1.54, 1.807) is 18.5 Å². The summed E-state index contributed by atoms with van der Waals surface area (Å²) in [6, 6.07) is 4.70. The maximum atomic E-state index is 13.6. The molecule has 0 bridgehead atoms. The molecule has 2 aliphatic rings. The summed E-state index contributed by atoms with van der Waals surface area (Å²) in [6.07, 6.45) is 3.32. The molecule has 8 nitrogen and oxygen atoms in total. The SMILES string of the molecule is Cc1cc(S(=O)(=O)C2CS(=O)(=O)CC2N2CCN(c3ncccn3)CC2)ccc1F. The molecule has 30 heavy (non-hydrogen) atoms. The highest BCUT2D eigenvalue weighted by Crippen LogP contribution is 2.30. The molecule has 0 amide bonds. The van der Waals surface area contributed by atoms with Crippen LogP contribution in [0.4, 0.5) is 10.3 Å². The summed E-state index contributed by atoms with van der Waals surface area (Å²) < 4.78 is 65.0. The molecule has 1 aromatic carbocycles. The number of piperazine rings is 1. The van der Waals surface area contributed by atoms with Gasteiger partial charge < -0.3 is 4.90 Å². The zero-order chi connectivity index (χ0) is 21.5. The fraction of sp³-hybridized carbons (Fsp3) is 0.474. The van der Waals surface area contributed by atoms with Crippen molar-refractivity contribution in [3.8, 4) is 0 Å². The molecule has 11 heteroatoms. The topological polar surface area (TPSA) is 101 Å². The first kappa shape index (κ1) is 21.1. The second-order valence-electron chi connectivity index (χ2n) is 7.71. The number of aromatic nitrogens is 2. The lowest BCUT2D eigenvalue weighted by Gasteiger charge is -2.39. The van der Waals surface area contributed by atoms with Crippen LogP contribution in [0.25, 0.3) is 0 Å². The van der Waals surface area contributed by atoms with E-state index >= 15 is 0 Å². The largest absolute Gasteiger partial charge is 0.338 e. The fourth-order valence-corrected chi connectivity index (χ4v) is 9.02. The number of rotatable bonds is 4. The number of hydrogen-bond donors (Lipinski definition) is 0. The molecule has 3 heterocycles. The highest BCUT2D eigenvalue weighted by atomic mass is 32.2. The van der Waals surface area contributed by atoms with Crippen molar-refractivity contribution < 1.29 is 21.2 Å². The van der Waals surface area contributed by atoms with Crippen LogP contribution >= 0.6 is 0 Å². The lowest BCUT2D eigenvalue weighted by Crippen LogP contribution is -2.55. The van der Waals surface area contributed by atoms with Crippen LogP contribution < -0.4 is 4.90 Å². The van der Waals surface area contributed by atoms with Gasteiger partial charge in [-0.2, -0.15) is 0 Å². The number of aryl methyl sites for hydroxylation is 1. The van der Waals surface area contributed by atoms with E-state index in [1.165, 1.54) is 19.1 Å². The lowest BCUT2D eigenvalue weighted by molar-refractivity contribution is 0.201. The van der Waals surface area contributed by atoms with Crippen molar-refractivity contribution in [2.24, 2.45) is 0 Å². The van der Waals surface area contributed by atoms with E-state index in [-0.39, 0.29) is 16.2 Å². The Morgan fingerprint density at radius 3 is 2.37 bits per heavy atom. The average molecular weight is 455 g/mol. The van der Waals surface area contributed by atoms with Gasteiger partial charge in [0.05, 0.1) is 21.7 Å². The first-order valence-electron chi connectivity index (χ1n) is 9.64. The molecule has 2 fully saturated rings. The number of benzene rings is 1. The highest BCUT2D eigenvalue weighted by Gasteiger charge is 2.48. The zero-order valence-electron chi connectivity index (χ0n) is 16.5. The molecule has 0 radical (unpaired) electrons. The van der Waals surface area contributed by atoms with Gasteiger partial charge in [-0.05, 0) is 36.8 Å². The van der Waals surface area contributed by atoms with E-state index in [4.69, 9.17) is 0 Å². The van der Waals surface area contributed by atoms with Crippen molar-refractivity contribution in [1.29, 1.82) is 0 Å². The van der Waals surface area contributed by atoms with Gasteiger partial charge in [-0.25, -0.2) is 31.2 Å². The monoisotopic (exact) mass is 454 g/mol. The second kappa shape index (κ2) is 7.86. The van der Waals surface area contributed by atoms with Crippen LogP contribution in [0.1, 0.15) is 5.56 Å². The Morgan fingerprint density at radius 1 is 1.07 bits per heavy atom. The maximum Gasteiger partial charge on any atom is 0.225 e. The normalized spacial score (nSPS) is 24.8. The van der Waals surface area contributed by atoms with Crippen LogP contribution in [0, 0.1) is 12.7 Å². The van der Waals surface area contributed by atoms with Crippen LogP contribution in [-0.2, 0) is 19.7 Å². The van der Waals surface area contributed by atoms with Crippen LogP contribution in [0.2, 0.25) is 0 Å². The predicted molar refractivity (Wildman–Crippen MR) is 110 cm³/mol. The Balaban J connectivity index is 1.57. The molecule has 2 unspecified atom stereocenters. The summed E-state index contributed by atoms with van der Waals surface area (Å²) in [5, 5.41) is -1.08. The van der Waals surface area contributed by atoms with Crippen molar-refractivity contribution in [1.82, 2.24) is 14.9 Å². The van der Waals surface area contributed by atoms with E-state index in [0.29, 0.717) is 32.1 Å². The van der Waals surface area contributed by atoms with Crippen molar-refractivity contribution in [2.75, 3.05) is 42.6 Å². The molecular weight excluding hydrogens is 431 g/mol. The van der Waals surface area contributed by atoms with Crippen LogP contribution in [-0.4, -0.2) is 80.7 Å². The number of hydrogen-bond acceptors (Lipinski definition) is 8. The van der Waals surface area contributed by atoms with Crippen LogP contribution in [0.15, 0.2) is 41.6 Å². The molecule has 1 aromatic heterocycles. The van der Waals surface area contributed by atoms with Crippen LogP contribution in [0.5, 0.6) is 0 Å². The molecule has 2 atom stereocenters. The Morgan fingerprint density at radius 2 is 1.73 bits per heavy atom. The molecule has 2 saturated heterocycles. The van der Waals surface area contributed by atoms with Gasteiger partial charge in [0.15, 0.2) is 19.7 Å². The van der Waals surface area contributed by atoms with Crippen molar-refractivity contribution in [2.45, 2.75) is 23.1 Å². The minimum absolute atomic E-state index is 0.0372. The van der Waals surface area contributed by atoms with E-state index < -0.39 is 42.5 Å². The molecule has 2 aliphatic heterocycles. The summed E-state index contributed by atoms with van der Waals surface area (Å²) >= 11 is 0. The summed E-state index contributed by atoms with van der Waals surface area (Å²) in [4.78, 5) is 12.4. The third-order valence-electron chi connectivity index (χ3n) is 5.75. The van der Waals surface area contributed by atoms with E-state index in [1.807, 2.05) is 9.80 Å². The van der Waals surface area contributed by atoms with Gasteiger partial charge in [0.2, 0.25) is 5.95 Å². The number of nitrogens with zero attached hydrogens (tertiary/aromatic N) is 4. The van der Waals surface area contributed by atoms with Crippen molar-refractivity contribution in [3.05, 3.63) is 48.0 Å². The summed E-state index contributed by atoms with van der Waals surface area (Å²) in [7, 11) is -7.44. The molecule has 0 spiro atoms. The molecule has 162 valence electrons. The summed E-state index contributed by atoms with van der Waals surface area (Å²) in [5.41, 5.74) is 0.213. The van der Waals surface area contributed by atoms with E-state index in [2.05, 4.69) is 9.97 Å². The summed E-state index contributed by atoms with van der Waals surface area (Å²) in [6.45, 7) is 3.65. The quantitative estimate of drug-likeness (QED) is 0.622. The first-order chi connectivity index (χ1) is 14.2. The van der Waals surface area contributed by atoms with Gasteiger partial charge in [-0.15, -0.1) is 0 Å². The Labute approximate surface area is 175 Å². The molecule has 4 rings (SSSR count). The van der Waals surface area contributed by atoms with Gasteiger partial charge >= 0.3 is 0 Å². The minimum Gasteiger partial charge on any atom is -0.338 e. The minimum atomic E-state index is -3.94. The number of halogens is 1.